The van der Waals surface area contributed by atoms with E-state index in [-0.39, 0.29) is 22.0 Å². The third-order valence-electron chi connectivity index (χ3n) is 4.20. The number of hydrogen-bond acceptors (Lipinski definition) is 7. The van der Waals surface area contributed by atoms with Gasteiger partial charge in [0.2, 0.25) is 5.78 Å². The van der Waals surface area contributed by atoms with Crippen molar-refractivity contribution in [1.82, 2.24) is 10.3 Å². The number of aromatic nitrogens is 1. The van der Waals surface area contributed by atoms with E-state index in [1.165, 1.54) is 6.07 Å². The van der Waals surface area contributed by atoms with Crippen molar-refractivity contribution >= 4 is 33.8 Å². The average molecular weight is 415 g/mol. The third-order valence-corrected chi connectivity index (χ3v) is 5.18. The SMILES string of the molecule is CCNCCOc1ccc(Nc2nc(N)c(C(=O)c3ccc(C)c(F)c3)s2)cc1. The Kier molecular flexibility index (Phi) is 6.79. The molecule has 4 N–H and O–H groups in total. The molecule has 0 fully saturated rings. The summed E-state index contributed by atoms with van der Waals surface area (Å²) in [6.45, 7) is 5.98. The van der Waals surface area contributed by atoms with E-state index in [0.29, 0.717) is 17.3 Å². The Morgan fingerprint density at radius 2 is 2.00 bits per heavy atom. The molecule has 3 aromatic rings. The lowest BCUT2D eigenvalue weighted by atomic mass is 10.1. The summed E-state index contributed by atoms with van der Waals surface area (Å²) in [5.41, 5.74) is 7.44. The molecule has 0 unspecified atom stereocenters. The zero-order valence-electron chi connectivity index (χ0n) is 16.3. The molecule has 0 aliphatic rings. The van der Waals surface area contributed by atoms with Crippen molar-refractivity contribution in [2.75, 3.05) is 30.7 Å². The van der Waals surface area contributed by atoms with Gasteiger partial charge in [0.25, 0.3) is 0 Å². The zero-order chi connectivity index (χ0) is 20.8. The van der Waals surface area contributed by atoms with Gasteiger partial charge in [-0.2, -0.15) is 0 Å². The van der Waals surface area contributed by atoms with Gasteiger partial charge in [0.05, 0.1) is 0 Å². The number of nitrogens with one attached hydrogen (secondary N) is 2. The molecule has 0 bridgehead atoms. The van der Waals surface area contributed by atoms with Gasteiger partial charge < -0.3 is 21.1 Å². The minimum absolute atomic E-state index is 0.117. The lowest BCUT2D eigenvalue weighted by Gasteiger charge is -2.07. The Morgan fingerprint density at radius 3 is 2.69 bits per heavy atom. The molecule has 152 valence electrons. The summed E-state index contributed by atoms with van der Waals surface area (Å²) in [4.78, 5) is 17.2. The number of nitrogens with two attached hydrogens (primary N) is 1. The lowest BCUT2D eigenvalue weighted by molar-refractivity contribution is 0.104. The smallest absolute Gasteiger partial charge is 0.206 e. The maximum atomic E-state index is 13.8. The van der Waals surface area contributed by atoms with Crippen LogP contribution >= 0.6 is 11.3 Å². The highest BCUT2D eigenvalue weighted by Gasteiger charge is 2.19. The van der Waals surface area contributed by atoms with Crippen LogP contribution in [0.5, 0.6) is 5.75 Å². The summed E-state index contributed by atoms with van der Waals surface area (Å²) in [6.07, 6.45) is 0. The third kappa shape index (κ3) is 5.30. The van der Waals surface area contributed by atoms with E-state index in [1.807, 2.05) is 31.2 Å². The van der Waals surface area contributed by atoms with Crippen molar-refractivity contribution in [3.05, 3.63) is 64.3 Å². The first kappa shape index (κ1) is 20.8. The van der Waals surface area contributed by atoms with Gasteiger partial charge >= 0.3 is 0 Å². The summed E-state index contributed by atoms with van der Waals surface area (Å²) in [5.74, 6) is 0.109. The average Bonchev–Trinajstić information content (AvgIpc) is 3.08. The van der Waals surface area contributed by atoms with Gasteiger partial charge in [0, 0.05) is 17.8 Å². The van der Waals surface area contributed by atoms with Gasteiger partial charge in [0.1, 0.15) is 28.9 Å². The molecule has 6 nitrogen and oxygen atoms in total. The first-order valence-electron chi connectivity index (χ1n) is 9.25. The fraction of sp³-hybridized carbons (Fsp3) is 0.238. The number of aryl methyl sites for hydroxylation is 1. The minimum atomic E-state index is -0.426. The van der Waals surface area contributed by atoms with Crippen LogP contribution in [0.25, 0.3) is 0 Å². The van der Waals surface area contributed by atoms with E-state index in [9.17, 15) is 9.18 Å². The van der Waals surface area contributed by atoms with E-state index in [4.69, 9.17) is 10.5 Å². The van der Waals surface area contributed by atoms with Gasteiger partial charge in [-0.3, -0.25) is 4.79 Å². The molecule has 0 spiro atoms. The fourth-order valence-electron chi connectivity index (χ4n) is 2.59. The molecule has 29 heavy (non-hydrogen) atoms. The van der Waals surface area contributed by atoms with Gasteiger partial charge in [0.15, 0.2) is 5.13 Å². The quantitative estimate of drug-likeness (QED) is 0.360. The predicted molar refractivity (Wildman–Crippen MR) is 115 cm³/mol. The number of carbonyl (C=O) groups excluding carboxylic acids is 1. The number of hydrogen-bond donors (Lipinski definition) is 3. The normalized spacial score (nSPS) is 10.7. The zero-order valence-corrected chi connectivity index (χ0v) is 17.1. The molecule has 0 atom stereocenters. The maximum absolute atomic E-state index is 13.8. The number of carbonyl (C=O) groups is 1. The van der Waals surface area contributed by atoms with E-state index >= 15 is 0 Å². The molecular formula is C21H23FN4O2S. The summed E-state index contributed by atoms with van der Waals surface area (Å²) in [5, 5.41) is 6.81. The van der Waals surface area contributed by atoms with Crippen LogP contribution in [0, 0.1) is 12.7 Å². The highest BCUT2D eigenvalue weighted by Crippen LogP contribution is 2.30. The van der Waals surface area contributed by atoms with Crippen LogP contribution in [0.4, 0.5) is 21.0 Å². The minimum Gasteiger partial charge on any atom is -0.492 e. The maximum Gasteiger partial charge on any atom is 0.206 e. The summed E-state index contributed by atoms with van der Waals surface area (Å²) in [7, 11) is 0. The van der Waals surface area contributed by atoms with Crippen molar-refractivity contribution in [2.45, 2.75) is 13.8 Å². The van der Waals surface area contributed by atoms with Crippen molar-refractivity contribution in [2.24, 2.45) is 0 Å². The standard InChI is InChI=1S/C21H23FN4O2S/c1-3-24-10-11-28-16-8-6-15(7-9-16)25-21-26-20(23)19(29-21)18(27)14-5-4-13(2)17(22)12-14/h4-9,12,24H,3,10-11,23H2,1-2H3,(H,25,26). The largest absolute Gasteiger partial charge is 0.492 e. The van der Waals surface area contributed by atoms with Gasteiger partial charge in [-0.25, -0.2) is 9.37 Å². The van der Waals surface area contributed by atoms with Crippen LogP contribution in [0.1, 0.15) is 27.7 Å². The van der Waals surface area contributed by atoms with E-state index in [0.717, 1.165) is 35.9 Å². The Labute approximate surface area is 172 Å². The van der Waals surface area contributed by atoms with Crippen LogP contribution in [0.2, 0.25) is 0 Å². The molecule has 1 heterocycles. The molecule has 3 rings (SSSR count). The number of anilines is 3. The van der Waals surface area contributed by atoms with Crippen LogP contribution in [0.15, 0.2) is 42.5 Å². The van der Waals surface area contributed by atoms with Crippen molar-refractivity contribution < 1.29 is 13.9 Å². The number of rotatable bonds is 9. The number of thiazole rings is 1. The number of ether oxygens (including phenoxy) is 1. The van der Waals surface area contributed by atoms with Gasteiger partial charge in [-0.05, 0) is 49.4 Å². The highest BCUT2D eigenvalue weighted by molar-refractivity contribution is 7.18. The van der Waals surface area contributed by atoms with Crippen LogP contribution < -0.4 is 21.1 Å². The molecule has 0 amide bonds. The number of nitrogen functional groups attached to an aromatic ring is 1. The highest BCUT2D eigenvalue weighted by atomic mass is 32.1. The van der Waals surface area contributed by atoms with Gasteiger partial charge in [-0.15, -0.1) is 0 Å². The molecule has 0 aliphatic carbocycles. The van der Waals surface area contributed by atoms with Gasteiger partial charge in [-0.1, -0.05) is 30.4 Å². The van der Waals surface area contributed by atoms with Crippen molar-refractivity contribution in [1.29, 1.82) is 0 Å². The molecule has 0 aliphatic heterocycles. The second-order valence-corrected chi connectivity index (χ2v) is 7.38. The lowest BCUT2D eigenvalue weighted by Crippen LogP contribution is -2.20. The molecule has 8 heteroatoms. The Morgan fingerprint density at radius 1 is 1.24 bits per heavy atom. The predicted octanol–water partition coefficient (Wildman–Crippen LogP) is 4.14. The van der Waals surface area contributed by atoms with Crippen molar-refractivity contribution in [3.63, 3.8) is 0 Å². The topological polar surface area (TPSA) is 89.3 Å². The molecule has 0 saturated heterocycles. The van der Waals surface area contributed by atoms with Crippen LogP contribution in [-0.4, -0.2) is 30.5 Å². The number of halogens is 1. The molecule has 0 radical (unpaired) electrons. The Hall–Kier alpha value is -2.97. The molecule has 0 saturated carbocycles. The Balaban J connectivity index is 1.67. The summed E-state index contributed by atoms with van der Waals surface area (Å²) >= 11 is 1.13. The number of benzene rings is 2. The molecule has 1 aromatic heterocycles. The van der Waals surface area contributed by atoms with E-state index in [2.05, 4.69) is 15.6 Å². The summed E-state index contributed by atoms with van der Waals surface area (Å²) < 4.78 is 19.4. The van der Waals surface area contributed by atoms with E-state index in [1.54, 1.807) is 19.1 Å². The second kappa shape index (κ2) is 9.49. The van der Waals surface area contributed by atoms with Crippen LogP contribution in [0.3, 0.4) is 0 Å². The first-order valence-corrected chi connectivity index (χ1v) is 10.1. The fourth-order valence-corrected chi connectivity index (χ4v) is 3.46. The second-order valence-electron chi connectivity index (χ2n) is 6.38. The van der Waals surface area contributed by atoms with E-state index < -0.39 is 5.82 Å². The monoisotopic (exact) mass is 414 g/mol. The number of likely N-dealkylation sites (N-methyl/N-ethyl adjacent to an activating group) is 1. The molecular weight excluding hydrogens is 391 g/mol. The number of ketones is 1. The number of nitrogens with zero attached hydrogens (tertiary/aromatic N) is 1. The first-order chi connectivity index (χ1) is 14.0. The van der Waals surface area contributed by atoms with Crippen LogP contribution in [-0.2, 0) is 0 Å². The Bertz CT molecular complexity index is 989. The summed E-state index contributed by atoms with van der Waals surface area (Å²) in [6, 6.07) is 11.8. The molecule has 2 aromatic carbocycles. The van der Waals surface area contributed by atoms with Crippen molar-refractivity contribution in [3.8, 4) is 5.75 Å².